The lowest BCUT2D eigenvalue weighted by Crippen LogP contribution is -2.46. The predicted molar refractivity (Wildman–Crippen MR) is 116 cm³/mol. The van der Waals surface area contributed by atoms with Crippen molar-refractivity contribution in [1.29, 1.82) is 0 Å². The second-order valence-electron chi connectivity index (χ2n) is 9.15. The molecule has 3 N–H and O–H groups in total. The van der Waals surface area contributed by atoms with Crippen LogP contribution in [0.4, 0.5) is 5.69 Å². The maximum atomic E-state index is 12.9. The maximum Gasteiger partial charge on any atom is 0.270 e. The number of carbonyl (C=O) groups is 2. The van der Waals surface area contributed by atoms with E-state index in [0.29, 0.717) is 42.9 Å². The standard InChI is InChI=1S/C23H31N5O2/c24-21-10-9-20(22(29)26-21)28-14-15-13-16(7-8-17(15)23(28)30)25-18-5-4-6-19(18)27-11-2-1-3-12-27/h7-8,13,18-20,25H,1-6,9-12,14H2,(H2,24,26,29). The zero-order valence-electron chi connectivity index (χ0n) is 17.5. The minimum Gasteiger partial charge on any atom is -0.387 e. The zero-order valence-corrected chi connectivity index (χ0v) is 17.5. The highest BCUT2D eigenvalue weighted by atomic mass is 16.2. The monoisotopic (exact) mass is 409 g/mol. The molecule has 3 atom stereocenters. The summed E-state index contributed by atoms with van der Waals surface area (Å²) in [6.07, 6.45) is 8.83. The van der Waals surface area contributed by atoms with E-state index in [0.717, 1.165) is 11.3 Å². The Morgan fingerprint density at radius 3 is 2.67 bits per heavy atom. The van der Waals surface area contributed by atoms with Gasteiger partial charge in [-0.2, -0.15) is 4.99 Å². The number of fused-ring (bicyclic) bond motifs is 1. The lowest BCUT2D eigenvalue weighted by Gasteiger charge is -2.36. The number of piperidine rings is 1. The molecule has 3 heterocycles. The molecule has 1 aromatic rings. The first-order chi connectivity index (χ1) is 14.6. The first-order valence-corrected chi connectivity index (χ1v) is 11.4. The summed E-state index contributed by atoms with van der Waals surface area (Å²) >= 11 is 0. The number of aliphatic imine (C=N–C) groups is 1. The number of nitrogens with zero attached hydrogens (tertiary/aromatic N) is 3. The molecule has 0 spiro atoms. The lowest BCUT2D eigenvalue weighted by atomic mass is 10.0. The molecule has 1 saturated heterocycles. The lowest BCUT2D eigenvalue weighted by molar-refractivity contribution is -0.122. The van der Waals surface area contributed by atoms with Gasteiger partial charge >= 0.3 is 0 Å². The van der Waals surface area contributed by atoms with Crippen LogP contribution in [-0.2, 0) is 11.3 Å². The molecule has 30 heavy (non-hydrogen) atoms. The molecule has 1 aliphatic carbocycles. The first-order valence-electron chi connectivity index (χ1n) is 11.4. The van der Waals surface area contributed by atoms with E-state index in [2.05, 4.69) is 21.3 Å². The summed E-state index contributed by atoms with van der Waals surface area (Å²) < 4.78 is 0. The fraction of sp³-hybridized carbons (Fsp3) is 0.609. The fourth-order valence-electron chi connectivity index (χ4n) is 5.66. The van der Waals surface area contributed by atoms with Crippen LogP contribution in [0.1, 0.15) is 67.3 Å². The number of amidine groups is 1. The van der Waals surface area contributed by atoms with Crippen LogP contribution in [0.15, 0.2) is 23.2 Å². The van der Waals surface area contributed by atoms with Gasteiger partial charge in [0, 0.05) is 36.3 Å². The van der Waals surface area contributed by atoms with Gasteiger partial charge < -0.3 is 16.0 Å². The molecule has 7 heteroatoms. The topological polar surface area (TPSA) is 91.0 Å². The van der Waals surface area contributed by atoms with E-state index in [1.807, 2.05) is 12.1 Å². The SMILES string of the molecule is NC1=NC(=O)C(N2Cc3cc(NC4CCCC4N4CCCCC4)ccc3C2=O)CC1. The van der Waals surface area contributed by atoms with E-state index in [-0.39, 0.29) is 11.8 Å². The minimum absolute atomic E-state index is 0.0716. The van der Waals surface area contributed by atoms with Gasteiger partial charge in [-0.3, -0.25) is 14.5 Å². The summed E-state index contributed by atoms with van der Waals surface area (Å²) in [7, 11) is 0. The summed E-state index contributed by atoms with van der Waals surface area (Å²) in [5, 5.41) is 3.76. The second kappa shape index (κ2) is 8.02. The van der Waals surface area contributed by atoms with Gasteiger partial charge in [0.2, 0.25) is 0 Å². The third-order valence-electron chi connectivity index (χ3n) is 7.22. The average molecular weight is 410 g/mol. The summed E-state index contributed by atoms with van der Waals surface area (Å²) in [5.74, 6) is -0.00191. The van der Waals surface area contributed by atoms with Crippen LogP contribution in [0, 0.1) is 0 Å². The van der Waals surface area contributed by atoms with Gasteiger partial charge in [0.15, 0.2) is 0 Å². The molecule has 3 aliphatic heterocycles. The highest BCUT2D eigenvalue weighted by Crippen LogP contribution is 2.33. The highest BCUT2D eigenvalue weighted by Gasteiger charge is 2.38. The normalized spacial score (nSPS) is 29.8. The summed E-state index contributed by atoms with van der Waals surface area (Å²) in [4.78, 5) is 33.4. The minimum atomic E-state index is -0.494. The summed E-state index contributed by atoms with van der Waals surface area (Å²) in [5.41, 5.74) is 8.46. The van der Waals surface area contributed by atoms with Gasteiger partial charge in [-0.15, -0.1) is 0 Å². The smallest absolute Gasteiger partial charge is 0.270 e. The van der Waals surface area contributed by atoms with Gasteiger partial charge in [0.1, 0.15) is 11.9 Å². The Balaban J connectivity index is 1.29. The molecule has 4 aliphatic rings. The number of rotatable bonds is 4. The maximum absolute atomic E-state index is 12.9. The summed E-state index contributed by atoms with van der Waals surface area (Å²) in [6.45, 7) is 2.91. The van der Waals surface area contributed by atoms with Crippen molar-refractivity contribution in [2.24, 2.45) is 10.7 Å². The van der Waals surface area contributed by atoms with E-state index in [1.165, 1.54) is 51.6 Å². The van der Waals surface area contributed by atoms with Crippen LogP contribution < -0.4 is 11.1 Å². The zero-order chi connectivity index (χ0) is 20.7. The number of likely N-dealkylation sites (tertiary alicyclic amines) is 1. The molecule has 160 valence electrons. The van der Waals surface area contributed by atoms with Crippen molar-refractivity contribution in [3.8, 4) is 0 Å². The quantitative estimate of drug-likeness (QED) is 0.797. The van der Waals surface area contributed by atoms with Crippen molar-refractivity contribution in [3.63, 3.8) is 0 Å². The van der Waals surface area contributed by atoms with Crippen molar-refractivity contribution in [3.05, 3.63) is 29.3 Å². The van der Waals surface area contributed by atoms with Crippen LogP contribution in [0.5, 0.6) is 0 Å². The van der Waals surface area contributed by atoms with Gasteiger partial charge in [-0.1, -0.05) is 6.42 Å². The molecule has 5 rings (SSSR count). The molecule has 1 saturated carbocycles. The van der Waals surface area contributed by atoms with Gasteiger partial charge in [0.25, 0.3) is 11.8 Å². The molecule has 7 nitrogen and oxygen atoms in total. The van der Waals surface area contributed by atoms with E-state index < -0.39 is 6.04 Å². The molecule has 2 amide bonds. The van der Waals surface area contributed by atoms with E-state index in [9.17, 15) is 9.59 Å². The van der Waals surface area contributed by atoms with E-state index in [4.69, 9.17) is 5.73 Å². The van der Waals surface area contributed by atoms with Crippen molar-refractivity contribution < 1.29 is 9.59 Å². The molecule has 0 bridgehead atoms. The van der Waals surface area contributed by atoms with Crippen LogP contribution in [0.3, 0.4) is 0 Å². The molecule has 0 aromatic heterocycles. The average Bonchev–Trinajstić information content (AvgIpc) is 3.33. The Bertz CT molecular complexity index is 876. The fourth-order valence-corrected chi connectivity index (χ4v) is 5.66. The Morgan fingerprint density at radius 2 is 1.87 bits per heavy atom. The Hall–Kier alpha value is -2.41. The number of benzene rings is 1. The number of amides is 2. The number of anilines is 1. The third kappa shape index (κ3) is 3.60. The predicted octanol–water partition coefficient (Wildman–Crippen LogP) is 2.51. The van der Waals surface area contributed by atoms with Gasteiger partial charge in [0.05, 0.1) is 0 Å². The number of nitrogens with one attached hydrogen (secondary N) is 1. The van der Waals surface area contributed by atoms with E-state index in [1.54, 1.807) is 4.90 Å². The molecule has 2 fully saturated rings. The molecule has 0 radical (unpaired) electrons. The number of hydrogen-bond acceptors (Lipinski definition) is 5. The molecular weight excluding hydrogens is 378 g/mol. The van der Waals surface area contributed by atoms with Crippen molar-refractivity contribution in [1.82, 2.24) is 9.80 Å². The van der Waals surface area contributed by atoms with E-state index >= 15 is 0 Å². The second-order valence-corrected chi connectivity index (χ2v) is 9.15. The number of nitrogens with two attached hydrogens (primary N) is 1. The Morgan fingerprint density at radius 1 is 1.03 bits per heavy atom. The number of hydrogen-bond donors (Lipinski definition) is 2. The molecular formula is C23H31N5O2. The van der Waals surface area contributed by atoms with Crippen molar-refractivity contribution in [2.45, 2.75) is 76.0 Å². The third-order valence-corrected chi connectivity index (χ3v) is 7.22. The van der Waals surface area contributed by atoms with Crippen LogP contribution in [-0.4, -0.2) is 58.7 Å². The van der Waals surface area contributed by atoms with Gasteiger partial charge in [-0.05, 0) is 75.4 Å². The Kier molecular flexibility index (Phi) is 5.23. The largest absolute Gasteiger partial charge is 0.387 e. The molecule has 3 unspecified atom stereocenters. The summed E-state index contributed by atoms with van der Waals surface area (Å²) in [6, 6.07) is 6.61. The Labute approximate surface area is 177 Å². The van der Waals surface area contributed by atoms with Crippen LogP contribution in [0.2, 0.25) is 0 Å². The van der Waals surface area contributed by atoms with Crippen molar-refractivity contribution in [2.75, 3.05) is 18.4 Å². The highest BCUT2D eigenvalue weighted by molar-refractivity contribution is 6.04. The first kappa shape index (κ1) is 19.5. The molecule has 1 aromatic carbocycles. The number of carbonyl (C=O) groups excluding carboxylic acids is 2. The van der Waals surface area contributed by atoms with Crippen LogP contribution >= 0.6 is 0 Å². The van der Waals surface area contributed by atoms with Crippen LogP contribution in [0.25, 0.3) is 0 Å². The van der Waals surface area contributed by atoms with Gasteiger partial charge in [-0.25, -0.2) is 0 Å². The van der Waals surface area contributed by atoms with Crippen molar-refractivity contribution >= 4 is 23.3 Å².